The molecule has 0 spiro atoms. The van der Waals surface area contributed by atoms with Crippen molar-refractivity contribution in [1.29, 1.82) is 0 Å². The van der Waals surface area contributed by atoms with Gasteiger partial charge < -0.3 is 15.8 Å². The van der Waals surface area contributed by atoms with E-state index >= 15 is 0 Å². The smallest absolute Gasteiger partial charge is 0.134 e. The zero-order valence-corrected chi connectivity index (χ0v) is 7.87. The van der Waals surface area contributed by atoms with Gasteiger partial charge in [-0.2, -0.15) is 0 Å². The molecule has 1 rings (SSSR count). The minimum absolute atomic E-state index is 0.509. The number of aromatic nitrogens is 2. The van der Waals surface area contributed by atoms with Crippen LogP contribution < -0.4 is 11.1 Å². The highest BCUT2D eigenvalue weighted by Gasteiger charge is 2.01. The molecule has 1 aromatic rings. The van der Waals surface area contributed by atoms with E-state index in [2.05, 4.69) is 15.3 Å². The molecule has 0 aliphatic heterocycles. The first-order chi connectivity index (χ1) is 6.25. The third-order valence-electron chi connectivity index (χ3n) is 1.72. The monoisotopic (exact) mass is 182 g/mol. The quantitative estimate of drug-likeness (QED) is 0.660. The SMILES string of the molecule is COCCNc1ncnc(N)c1C. The van der Waals surface area contributed by atoms with Crippen molar-refractivity contribution in [1.82, 2.24) is 9.97 Å². The number of anilines is 2. The second kappa shape index (κ2) is 4.61. The molecule has 1 aromatic heterocycles. The Morgan fingerprint density at radius 2 is 2.31 bits per heavy atom. The first kappa shape index (κ1) is 9.73. The number of nitrogen functional groups attached to an aromatic ring is 1. The Hall–Kier alpha value is -1.36. The largest absolute Gasteiger partial charge is 0.383 e. The van der Waals surface area contributed by atoms with Gasteiger partial charge in [-0.3, -0.25) is 0 Å². The first-order valence-corrected chi connectivity index (χ1v) is 4.05. The summed E-state index contributed by atoms with van der Waals surface area (Å²) in [5.41, 5.74) is 6.48. The van der Waals surface area contributed by atoms with E-state index in [0.29, 0.717) is 19.0 Å². The lowest BCUT2D eigenvalue weighted by molar-refractivity contribution is 0.210. The zero-order valence-electron chi connectivity index (χ0n) is 7.87. The van der Waals surface area contributed by atoms with Gasteiger partial charge in [-0.15, -0.1) is 0 Å². The minimum Gasteiger partial charge on any atom is -0.383 e. The molecule has 0 atom stereocenters. The zero-order chi connectivity index (χ0) is 9.68. The maximum atomic E-state index is 5.60. The number of rotatable bonds is 4. The fraction of sp³-hybridized carbons (Fsp3) is 0.500. The summed E-state index contributed by atoms with van der Waals surface area (Å²) in [7, 11) is 1.66. The normalized spacial score (nSPS) is 10.0. The van der Waals surface area contributed by atoms with Gasteiger partial charge in [-0.05, 0) is 6.92 Å². The molecule has 0 aromatic carbocycles. The lowest BCUT2D eigenvalue weighted by Crippen LogP contribution is -2.11. The Morgan fingerprint density at radius 3 is 3.00 bits per heavy atom. The lowest BCUT2D eigenvalue weighted by Gasteiger charge is -2.08. The van der Waals surface area contributed by atoms with Gasteiger partial charge in [0, 0.05) is 19.2 Å². The van der Waals surface area contributed by atoms with E-state index in [0.717, 1.165) is 11.4 Å². The van der Waals surface area contributed by atoms with E-state index in [1.165, 1.54) is 6.33 Å². The predicted molar refractivity (Wildman–Crippen MR) is 51.5 cm³/mol. The van der Waals surface area contributed by atoms with Crippen molar-refractivity contribution in [2.24, 2.45) is 0 Å². The average Bonchev–Trinajstić information content (AvgIpc) is 2.13. The van der Waals surface area contributed by atoms with E-state index < -0.39 is 0 Å². The number of nitrogens with one attached hydrogen (secondary N) is 1. The summed E-state index contributed by atoms with van der Waals surface area (Å²) < 4.78 is 4.90. The molecule has 0 saturated heterocycles. The maximum absolute atomic E-state index is 5.60. The van der Waals surface area contributed by atoms with Gasteiger partial charge in [-0.1, -0.05) is 0 Å². The van der Waals surface area contributed by atoms with Crippen LogP contribution in [0.15, 0.2) is 6.33 Å². The molecule has 72 valence electrons. The van der Waals surface area contributed by atoms with Crippen LogP contribution in [0.1, 0.15) is 5.56 Å². The van der Waals surface area contributed by atoms with Crippen molar-refractivity contribution in [3.05, 3.63) is 11.9 Å². The topological polar surface area (TPSA) is 73.1 Å². The van der Waals surface area contributed by atoms with Crippen molar-refractivity contribution in [3.8, 4) is 0 Å². The van der Waals surface area contributed by atoms with Crippen LogP contribution in [0.2, 0.25) is 0 Å². The summed E-state index contributed by atoms with van der Waals surface area (Å²) in [6.45, 7) is 3.24. The number of ether oxygens (including phenoxy) is 1. The highest BCUT2D eigenvalue weighted by atomic mass is 16.5. The Bertz CT molecular complexity index is 277. The van der Waals surface area contributed by atoms with E-state index in [1.54, 1.807) is 7.11 Å². The molecule has 0 radical (unpaired) electrons. The van der Waals surface area contributed by atoms with Crippen molar-refractivity contribution < 1.29 is 4.74 Å². The lowest BCUT2D eigenvalue weighted by atomic mass is 10.3. The Labute approximate surface area is 77.3 Å². The number of hydrogen-bond acceptors (Lipinski definition) is 5. The fourth-order valence-corrected chi connectivity index (χ4v) is 0.913. The van der Waals surface area contributed by atoms with Crippen molar-refractivity contribution in [2.75, 3.05) is 31.3 Å². The molecule has 0 saturated carbocycles. The van der Waals surface area contributed by atoms with Crippen LogP contribution in [0.5, 0.6) is 0 Å². The van der Waals surface area contributed by atoms with E-state index in [-0.39, 0.29) is 0 Å². The summed E-state index contributed by atoms with van der Waals surface area (Å²) in [6, 6.07) is 0. The fourth-order valence-electron chi connectivity index (χ4n) is 0.913. The molecular formula is C8H14N4O. The Morgan fingerprint density at radius 1 is 1.54 bits per heavy atom. The van der Waals surface area contributed by atoms with Crippen molar-refractivity contribution in [2.45, 2.75) is 6.92 Å². The summed E-state index contributed by atoms with van der Waals surface area (Å²) >= 11 is 0. The summed E-state index contributed by atoms with van der Waals surface area (Å²) in [4.78, 5) is 7.92. The van der Waals surface area contributed by atoms with E-state index in [9.17, 15) is 0 Å². The highest BCUT2D eigenvalue weighted by Crippen LogP contribution is 2.13. The minimum atomic E-state index is 0.509. The summed E-state index contributed by atoms with van der Waals surface area (Å²) in [5, 5.41) is 3.10. The average molecular weight is 182 g/mol. The maximum Gasteiger partial charge on any atom is 0.134 e. The molecule has 0 aliphatic rings. The van der Waals surface area contributed by atoms with Gasteiger partial charge in [0.2, 0.25) is 0 Å². The Kier molecular flexibility index (Phi) is 3.45. The van der Waals surface area contributed by atoms with E-state index in [4.69, 9.17) is 10.5 Å². The number of hydrogen-bond donors (Lipinski definition) is 2. The van der Waals surface area contributed by atoms with Crippen LogP contribution >= 0.6 is 0 Å². The van der Waals surface area contributed by atoms with Crippen LogP contribution in [0.3, 0.4) is 0 Å². The third-order valence-corrected chi connectivity index (χ3v) is 1.72. The third kappa shape index (κ3) is 2.55. The molecule has 3 N–H and O–H groups in total. The van der Waals surface area contributed by atoms with Gasteiger partial charge in [0.25, 0.3) is 0 Å². The molecule has 0 bridgehead atoms. The van der Waals surface area contributed by atoms with Crippen molar-refractivity contribution >= 4 is 11.6 Å². The van der Waals surface area contributed by atoms with Crippen LogP contribution in [0.25, 0.3) is 0 Å². The molecule has 0 amide bonds. The van der Waals surface area contributed by atoms with Gasteiger partial charge in [0.1, 0.15) is 18.0 Å². The van der Waals surface area contributed by atoms with Crippen LogP contribution in [0.4, 0.5) is 11.6 Å². The standard InChI is InChI=1S/C8H14N4O/c1-6-7(9)11-5-12-8(6)10-3-4-13-2/h5H,3-4H2,1-2H3,(H3,9,10,11,12). The second-order valence-electron chi connectivity index (χ2n) is 2.65. The summed E-state index contributed by atoms with van der Waals surface area (Å²) in [5.74, 6) is 1.28. The Balaban J connectivity index is 2.61. The molecular weight excluding hydrogens is 168 g/mol. The van der Waals surface area contributed by atoms with Gasteiger partial charge >= 0.3 is 0 Å². The number of methoxy groups -OCH3 is 1. The van der Waals surface area contributed by atoms with Gasteiger partial charge in [0.15, 0.2) is 0 Å². The first-order valence-electron chi connectivity index (χ1n) is 4.05. The number of nitrogens with two attached hydrogens (primary N) is 1. The highest BCUT2D eigenvalue weighted by molar-refractivity contribution is 5.53. The van der Waals surface area contributed by atoms with Gasteiger partial charge in [0.05, 0.1) is 6.61 Å². The van der Waals surface area contributed by atoms with Crippen LogP contribution in [-0.2, 0) is 4.74 Å². The molecule has 13 heavy (non-hydrogen) atoms. The molecule has 0 aliphatic carbocycles. The summed E-state index contributed by atoms with van der Waals surface area (Å²) in [6.07, 6.45) is 1.44. The molecule has 5 heteroatoms. The number of nitrogens with zero attached hydrogens (tertiary/aromatic N) is 2. The van der Waals surface area contributed by atoms with Crippen LogP contribution in [-0.4, -0.2) is 30.2 Å². The molecule has 5 nitrogen and oxygen atoms in total. The molecule has 0 unspecified atom stereocenters. The molecule has 0 fully saturated rings. The van der Waals surface area contributed by atoms with Crippen molar-refractivity contribution in [3.63, 3.8) is 0 Å². The molecule has 1 heterocycles. The van der Waals surface area contributed by atoms with E-state index in [1.807, 2.05) is 6.92 Å². The van der Waals surface area contributed by atoms with Crippen LogP contribution in [0, 0.1) is 6.92 Å². The van der Waals surface area contributed by atoms with Gasteiger partial charge in [-0.25, -0.2) is 9.97 Å². The predicted octanol–water partition coefficient (Wildman–Crippen LogP) is 0.426. The second-order valence-corrected chi connectivity index (χ2v) is 2.65.